The van der Waals surface area contributed by atoms with Crippen LogP contribution in [0.25, 0.3) is 6.08 Å². The lowest BCUT2D eigenvalue weighted by Crippen LogP contribution is -2.51. The van der Waals surface area contributed by atoms with Gasteiger partial charge in [0.25, 0.3) is 5.91 Å². The Balaban J connectivity index is 1.69. The molecule has 0 radical (unpaired) electrons. The fourth-order valence-corrected chi connectivity index (χ4v) is 4.28. The van der Waals surface area contributed by atoms with Crippen LogP contribution in [0.1, 0.15) is 33.3 Å². The summed E-state index contributed by atoms with van der Waals surface area (Å²) in [6.45, 7) is 5.75. The topological polar surface area (TPSA) is 59.1 Å². The van der Waals surface area contributed by atoms with E-state index < -0.39 is 0 Å². The Morgan fingerprint density at radius 2 is 1.97 bits per heavy atom. The summed E-state index contributed by atoms with van der Waals surface area (Å²) >= 11 is 1.69. The summed E-state index contributed by atoms with van der Waals surface area (Å²) in [7, 11) is 3.08. The van der Waals surface area contributed by atoms with Crippen LogP contribution in [0.15, 0.2) is 29.7 Å². The van der Waals surface area contributed by atoms with Crippen LogP contribution >= 0.6 is 11.3 Å². The van der Waals surface area contributed by atoms with E-state index in [4.69, 9.17) is 9.47 Å². The number of rotatable bonds is 6. The number of hydrogen-bond donors (Lipinski definition) is 0. The highest BCUT2D eigenvalue weighted by Gasteiger charge is 2.28. The van der Waals surface area contributed by atoms with E-state index in [1.807, 2.05) is 17.9 Å². The van der Waals surface area contributed by atoms with Crippen LogP contribution in [0.4, 0.5) is 0 Å². The minimum Gasteiger partial charge on any atom is -0.493 e. The van der Waals surface area contributed by atoms with E-state index in [1.54, 1.807) is 41.5 Å². The highest BCUT2D eigenvalue weighted by molar-refractivity contribution is 7.10. The van der Waals surface area contributed by atoms with Crippen LogP contribution in [0, 0.1) is 6.92 Å². The fraction of sp³-hybridized carbons (Fsp3) is 0.364. The molecule has 2 amide bonds. The van der Waals surface area contributed by atoms with Crippen LogP contribution < -0.4 is 9.47 Å². The van der Waals surface area contributed by atoms with Gasteiger partial charge in [-0.05, 0) is 48.6 Å². The van der Waals surface area contributed by atoms with Crippen LogP contribution in [0.3, 0.4) is 0 Å². The summed E-state index contributed by atoms with van der Waals surface area (Å²) in [5.41, 5.74) is 2.82. The smallest absolute Gasteiger partial charge is 0.254 e. The number of hydrogen-bond acceptors (Lipinski definition) is 5. The van der Waals surface area contributed by atoms with E-state index in [9.17, 15) is 9.59 Å². The SMILES string of the molecule is CC=Cc1c(CN2CCN(C(=O)c3ccc(OC)c(OC)c3)CC2=O)csc1C. The molecule has 1 aliphatic heterocycles. The molecule has 2 heterocycles. The first kappa shape index (κ1) is 20.9. The molecular weight excluding hydrogens is 388 g/mol. The van der Waals surface area contributed by atoms with Crippen molar-refractivity contribution in [3.63, 3.8) is 0 Å². The second-order valence-electron chi connectivity index (χ2n) is 6.84. The average molecular weight is 415 g/mol. The van der Waals surface area contributed by atoms with Crippen molar-refractivity contribution in [1.29, 1.82) is 0 Å². The molecule has 0 unspecified atom stereocenters. The van der Waals surface area contributed by atoms with Gasteiger partial charge in [-0.2, -0.15) is 0 Å². The number of methoxy groups -OCH3 is 2. The number of amides is 2. The van der Waals surface area contributed by atoms with Crippen LogP contribution in [-0.4, -0.2) is 55.5 Å². The third-order valence-corrected chi connectivity index (χ3v) is 6.01. The molecule has 154 valence electrons. The first-order valence-corrected chi connectivity index (χ1v) is 10.3. The molecule has 1 aromatic heterocycles. The molecular formula is C22H26N2O4S. The quantitative estimate of drug-likeness (QED) is 0.725. The number of carbonyl (C=O) groups is 2. The number of piperazine rings is 1. The zero-order chi connectivity index (χ0) is 21.0. The van der Waals surface area contributed by atoms with Crippen molar-refractivity contribution in [2.24, 2.45) is 0 Å². The van der Waals surface area contributed by atoms with Crippen LogP contribution in [-0.2, 0) is 11.3 Å². The number of allylic oxidation sites excluding steroid dienone is 1. The van der Waals surface area contributed by atoms with E-state index in [2.05, 4.69) is 18.4 Å². The molecule has 1 aromatic carbocycles. The number of thiophene rings is 1. The number of nitrogens with zero attached hydrogens (tertiary/aromatic N) is 2. The maximum Gasteiger partial charge on any atom is 0.254 e. The molecule has 1 aliphatic rings. The van der Waals surface area contributed by atoms with Crippen molar-refractivity contribution in [1.82, 2.24) is 9.80 Å². The normalized spacial score (nSPS) is 14.6. The van der Waals surface area contributed by atoms with Crippen molar-refractivity contribution in [2.45, 2.75) is 20.4 Å². The van der Waals surface area contributed by atoms with Gasteiger partial charge >= 0.3 is 0 Å². The third-order valence-electron chi connectivity index (χ3n) is 5.03. The molecule has 1 saturated heterocycles. The van der Waals surface area contributed by atoms with Gasteiger partial charge < -0.3 is 19.3 Å². The molecule has 0 saturated carbocycles. The number of benzene rings is 1. The van der Waals surface area contributed by atoms with Gasteiger partial charge in [0.1, 0.15) is 6.54 Å². The monoisotopic (exact) mass is 414 g/mol. The highest BCUT2D eigenvalue weighted by Crippen LogP contribution is 2.29. The fourth-order valence-electron chi connectivity index (χ4n) is 3.43. The second-order valence-corrected chi connectivity index (χ2v) is 7.93. The molecule has 6 nitrogen and oxygen atoms in total. The van der Waals surface area contributed by atoms with Gasteiger partial charge in [-0.15, -0.1) is 11.3 Å². The van der Waals surface area contributed by atoms with Crippen molar-refractivity contribution in [2.75, 3.05) is 33.9 Å². The first-order valence-electron chi connectivity index (χ1n) is 9.47. The summed E-state index contributed by atoms with van der Waals surface area (Å²) < 4.78 is 10.5. The van der Waals surface area contributed by atoms with E-state index >= 15 is 0 Å². The summed E-state index contributed by atoms with van der Waals surface area (Å²) in [6.07, 6.45) is 4.10. The lowest BCUT2D eigenvalue weighted by Gasteiger charge is -2.34. The van der Waals surface area contributed by atoms with Gasteiger partial charge in [0, 0.05) is 30.1 Å². The molecule has 0 aliphatic carbocycles. The Hall–Kier alpha value is -2.80. The molecule has 0 spiro atoms. The van der Waals surface area contributed by atoms with Crippen molar-refractivity contribution in [3.8, 4) is 11.5 Å². The maximum atomic E-state index is 12.9. The number of aryl methyl sites for hydroxylation is 1. The largest absolute Gasteiger partial charge is 0.493 e. The van der Waals surface area contributed by atoms with Gasteiger partial charge in [-0.1, -0.05) is 12.2 Å². The molecule has 3 rings (SSSR count). The second kappa shape index (κ2) is 9.13. The summed E-state index contributed by atoms with van der Waals surface area (Å²) in [5.74, 6) is 0.834. The Morgan fingerprint density at radius 3 is 2.62 bits per heavy atom. The predicted octanol–water partition coefficient (Wildman–Crippen LogP) is 3.59. The lowest BCUT2D eigenvalue weighted by atomic mass is 10.1. The first-order chi connectivity index (χ1) is 14.0. The molecule has 2 aromatic rings. The van der Waals surface area contributed by atoms with E-state index in [0.29, 0.717) is 36.7 Å². The van der Waals surface area contributed by atoms with Crippen LogP contribution in [0.2, 0.25) is 0 Å². The summed E-state index contributed by atoms with van der Waals surface area (Å²) in [4.78, 5) is 30.2. The minimum absolute atomic E-state index is 0.0413. The highest BCUT2D eigenvalue weighted by atomic mass is 32.1. The van der Waals surface area contributed by atoms with Crippen molar-refractivity contribution >= 4 is 29.2 Å². The van der Waals surface area contributed by atoms with Crippen LogP contribution in [0.5, 0.6) is 11.5 Å². The van der Waals surface area contributed by atoms with Gasteiger partial charge in [0.2, 0.25) is 5.91 Å². The third kappa shape index (κ3) is 4.45. The van der Waals surface area contributed by atoms with E-state index in [-0.39, 0.29) is 18.4 Å². The van der Waals surface area contributed by atoms with Gasteiger partial charge in [-0.3, -0.25) is 9.59 Å². The molecule has 0 atom stereocenters. The Morgan fingerprint density at radius 1 is 1.21 bits per heavy atom. The summed E-state index contributed by atoms with van der Waals surface area (Å²) in [5, 5.41) is 2.11. The Labute approximate surface area is 175 Å². The van der Waals surface area contributed by atoms with E-state index in [1.165, 1.54) is 17.6 Å². The Bertz CT molecular complexity index is 935. The van der Waals surface area contributed by atoms with Crippen molar-refractivity contribution in [3.05, 3.63) is 51.2 Å². The zero-order valence-corrected chi connectivity index (χ0v) is 18.0. The zero-order valence-electron chi connectivity index (χ0n) is 17.2. The predicted molar refractivity (Wildman–Crippen MR) is 115 cm³/mol. The van der Waals surface area contributed by atoms with Gasteiger partial charge in [0.15, 0.2) is 11.5 Å². The number of ether oxygens (including phenoxy) is 2. The average Bonchev–Trinajstić information content (AvgIpc) is 3.08. The standard InChI is InChI=1S/C22H26N2O4S/c1-5-6-18-15(2)29-14-17(18)12-23-9-10-24(13-21(23)25)22(26)16-7-8-19(27-3)20(11-16)28-4/h5-8,11,14H,9-10,12-13H2,1-4H3. The van der Waals surface area contributed by atoms with E-state index in [0.717, 1.165) is 5.56 Å². The minimum atomic E-state index is -0.181. The number of carbonyl (C=O) groups excluding carboxylic acids is 2. The maximum absolute atomic E-state index is 12.9. The summed E-state index contributed by atoms with van der Waals surface area (Å²) in [6, 6.07) is 5.04. The lowest BCUT2D eigenvalue weighted by molar-refractivity contribution is -0.135. The van der Waals surface area contributed by atoms with Crippen molar-refractivity contribution < 1.29 is 19.1 Å². The molecule has 0 bridgehead atoms. The molecule has 29 heavy (non-hydrogen) atoms. The van der Waals surface area contributed by atoms with Gasteiger partial charge in [-0.25, -0.2) is 0 Å². The molecule has 1 fully saturated rings. The Kier molecular flexibility index (Phi) is 6.59. The van der Waals surface area contributed by atoms with Gasteiger partial charge in [0.05, 0.1) is 14.2 Å². The molecule has 7 heteroatoms. The molecule has 0 N–H and O–H groups in total.